The molecule has 2 heterocycles. The summed E-state index contributed by atoms with van der Waals surface area (Å²) in [5.74, 6) is 0.203. The van der Waals surface area contributed by atoms with E-state index in [-0.39, 0.29) is 23.3 Å². The van der Waals surface area contributed by atoms with Crippen LogP contribution in [-0.2, 0) is 17.9 Å². The molecule has 0 atom stereocenters. The highest BCUT2D eigenvalue weighted by atomic mass is 32.2. The first kappa shape index (κ1) is 30.7. The number of thioether (sulfide) groups is 1. The summed E-state index contributed by atoms with van der Waals surface area (Å²) in [6.45, 7) is 15.9. The molecule has 0 aliphatic heterocycles. The van der Waals surface area contributed by atoms with Crippen LogP contribution in [-0.4, -0.2) is 28.1 Å². The molecule has 0 saturated heterocycles. The highest BCUT2D eigenvalue weighted by Gasteiger charge is 2.25. The predicted molar refractivity (Wildman–Crippen MR) is 167 cm³/mol. The lowest BCUT2D eigenvalue weighted by atomic mass is 9.87. The van der Waals surface area contributed by atoms with Crippen LogP contribution in [0.25, 0.3) is 22.0 Å². The van der Waals surface area contributed by atoms with Gasteiger partial charge in [-0.25, -0.2) is 4.39 Å². The van der Waals surface area contributed by atoms with Gasteiger partial charge in [-0.3, -0.25) is 4.98 Å². The smallest absolute Gasteiger partial charge is 0.123 e. The van der Waals surface area contributed by atoms with Crippen molar-refractivity contribution in [2.75, 3.05) is 17.8 Å². The lowest BCUT2D eigenvalue weighted by molar-refractivity contribution is -0.0152. The molecule has 0 spiro atoms. The number of halogens is 1. The number of nitrogens with one attached hydrogen (secondary N) is 2. The maximum Gasteiger partial charge on any atom is 0.123 e. The number of rotatable bonds is 8. The number of pyridine rings is 1. The van der Waals surface area contributed by atoms with E-state index in [4.69, 9.17) is 9.72 Å². The molecule has 0 aliphatic rings. The van der Waals surface area contributed by atoms with Gasteiger partial charge in [-0.15, -0.1) is 0 Å². The Kier molecular flexibility index (Phi) is 10.6. The van der Waals surface area contributed by atoms with Gasteiger partial charge in [0, 0.05) is 51.8 Å². The van der Waals surface area contributed by atoms with Gasteiger partial charge in [0.1, 0.15) is 5.82 Å². The number of anilines is 1. The van der Waals surface area contributed by atoms with Gasteiger partial charge in [0.05, 0.1) is 12.2 Å². The van der Waals surface area contributed by atoms with Crippen LogP contribution in [0.5, 0.6) is 0 Å². The zero-order chi connectivity index (χ0) is 28.7. The summed E-state index contributed by atoms with van der Waals surface area (Å²) in [6.07, 6.45) is 6.04. The van der Waals surface area contributed by atoms with Gasteiger partial charge < -0.3 is 15.0 Å². The minimum absolute atomic E-state index is 0.221. The SMILES string of the molecule is CC(C)c1nc(C(C)C)c(COC(C)(C)C)c(-c2ccc(F)cc2)c1CNc1ccc2[nH]ccc2c1.CSC. The van der Waals surface area contributed by atoms with Crippen LogP contribution >= 0.6 is 11.8 Å². The van der Waals surface area contributed by atoms with Gasteiger partial charge in [0.25, 0.3) is 0 Å². The van der Waals surface area contributed by atoms with Gasteiger partial charge in [-0.1, -0.05) is 39.8 Å². The molecule has 2 aromatic heterocycles. The second kappa shape index (κ2) is 13.5. The highest BCUT2D eigenvalue weighted by molar-refractivity contribution is 7.97. The number of aromatic amines is 1. The largest absolute Gasteiger partial charge is 0.381 e. The molecule has 4 rings (SSSR count). The molecule has 6 heteroatoms. The van der Waals surface area contributed by atoms with E-state index in [1.807, 2.05) is 30.8 Å². The normalized spacial score (nSPS) is 11.7. The summed E-state index contributed by atoms with van der Waals surface area (Å²) in [5, 5.41) is 4.80. The number of fused-ring (bicyclic) bond motifs is 1. The predicted octanol–water partition coefficient (Wildman–Crippen LogP) is 9.52. The van der Waals surface area contributed by atoms with Crippen molar-refractivity contribution in [1.82, 2.24) is 9.97 Å². The third-order valence-electron chi connectivity index (χ3n) is 6.36. The Labute approximate surface area is 238 Å². The monoisotopic (exact) mass is 549 g/mol. The lowest BCUT2D eigenvalue weighted by Crippen LogP contribution is -2.21. The Morgan fingerprint density at radius 2 is 1.54 bits per heavy atom. The molecule has 0 amide bonds. The molecule has 0 bridgehead atoms. The standard InChI is InChI=1S/C31H38FN3O.C2H6S/c1-19(2)29-25(17-34-24-12-13-27-22(16-24)14-15-33-27)28(21-8-10-23(32)11-9-21)26(18-36-31(5,6)7)30(35-29)20(3)4;1-3-2/h8-16,19-20,33-34H,17-18H2,1-7H3;1-2H3. The number of nitrogens with zero attached hydrogens (tertiary/aromatic N) is 1. The van der Waals surface area contributed by atoms with Crippen molar-refractivity contribution in [3.8, 4) is 11.1 Å². The van der Waals surface area contributed by atoms with E-state index in [2.05, 4.69) is 83.0 Å². The van der Waals surface area contributed by atoms with Crippen LogP contribution in [0.2, 0.25) is 0 Å². The summed E-state index contributed by atoms with van der Waals surface area (Å²) in [7, 11) is 0. The van der Waals surface area contributed by atoms with E-state index in [0.717, 1.165) is 50.2 Å². The number of aromatic nitrogens is 2. The molecule has 4 aromatic rings. The van der Waals surface area contributed by atoms with E-state index in [0.29, 0.717) is 13.2 Å². The van der Waals surface area contributed by atoms with Crippen LogP contribution in [0.1, 0.15) is 82.8 Å². The maximum atomic E-state index is 13.9. The first-order valence-corrected chi connectivity index (χ1v) is 15.2. The van der Waals surface area contributed by atoms with Gasteiger partial charge in [-0.2, -0.15) is 11.8 Å². The Morgan fingerprint density at radius 3 is 2.13 bits per heavy atom. The third-order valence-corrected chi connectivity index (χ3v) is 6.36. The molecule has 39 heavy (non-hydrogen) atoms. The van der Waals surface area contributed by atoms with E-state index >= 15 is 0 Å². The molecule has 210 valence electrons. The van der Waals surface area contributed by atoms with Gasteiger partial charge >= 0.3 is 0 Å². The molecule has 0 saturated carbocycles. The van der Waals surface area contributed by atoms with Crippen LogP contribution in [0, 0.1) is 5.82 Å². The van der Waals surface area contributed by atoms with E-state index < -0.39 is 0 Å². The second-order valence-corrected chi connectivity index (χ2v) is 12.3. The Morgan fingerprint density at radius 1 is 0.923 bits per heavy atom. The minimum atomic E-state index is -0.296. The van der Waals surface area contributed by atoms with Gasteiger partial charge in [0.15, 0.2) is 0 Å². The third kappa shape index (κ3) is 8.09. The first-order chi connectivity index (χ1) is 18.4. The molecule has 4 nitrogen and oxygen atoms in total. The van der Waals surface area contributed by atoms with Crippen LogP contribution in [0.4, 0.5) is 10.1 Å². The molecule has 0 aliphatic carbocycles. The Balaban J connectivity index is 0.00000134. The first-order valence-electron chi connectivity index (χ1n) is 13.6. The molecule has 0 unspecified atom stereocenters. The zero-order valence-corrected chi connectivity index (χ0v) is 25.7. The average Bonchev–Trinajstić information content (AvgIpc) is 3.34. The van der Waals surface area contributed by atoms with Crippen LogP contribution < -0.4 is 5.32 Å². The summed E-state index contributed by atoms with van der Waals surface area (Å²) in [4.78, 5) is 8.48. The van der Waals surface area contributed by atoms with Crippen LogP contribution in [0.3, 0.4) is 0 Å². The number of benzene rings is 2. The summed E-state index contributed by atoms with van der Waals surface area (Å²) >= 11 is 1.75. The lowest BCUT2D eigenvalue weighted by Gasteiger charge is -2.27. The van der Waals surface area contributed by atoms with Crippen molar-refractivity contribution in [3.63, 3.8) is 0 Å². The van der Waals surface area contributed by atoms with Crippen molar-refractivity contribution in [2.45, 2.75) is 79.1 Å². The highest BCUT2D eigenvalue weighted by Crippen LogP contribution is 2.38. The van der Waals surface area contributed by atoms with Gasteiger partial charge in [-0.05, 0) is 92.6 Å². The van der Waals surface area contributed by atoms with Crippen molar-refractivity contribution in [1.29, 1.82) is 0 Å². The van der Waals surface area contributed by atoms with Crippen molar-refractivity contribution in [3.05, 3.63) is 83.1 Å². The summed E-state index contributed by atoms with van der Waals surface area (Å²) < 4.78 is 20.3. The summed E-state index contributed by atoms with van der Waals surface area (Å²) in [6, 6.07) is 15.2. The zero-order valence-electron chi connectivity index (χ0n) is 24.9. The summed E-state index contributed by atoms with van der Waals surface area (Å²) in [5.41, 5.74) is 8.24. The van der Waals surface area contributed by atoms with E-state index in [1.54, 1.807) is 11.8 Å². The van der Waals surface area contributed by atoms with Crippen LogP contribution in [0.15, 0.2) is 54.7 Å². The Hall–Kier alpha value is -2.83. The van der Waals surface area contributed by atoms with Crippen molar-refractivity contribution in [2.24, 2.45) is 0 Å². The topological polar surface area (TPSA) is 49.9 Å². The Bertz CT molecular complexity index is 1350. The number of ether oxygens (including phenoxy) is 1. The molecular formula is C33H44FN3OS. The fraction of sp³-hybridized carbons (Fsp3) is 0.424. The van der Waals surface area contributed by atoms with Gasteiger partial charge in [0.2, 0.25) is 0 Å². The van der Waals surface area contributed by atoms with E-state index in [1.165, 1.54) is 12.1 Å². The molecule has 0 radical (unpaired) electrons. The second-order valence-electron chi connectivity index (χ2n) is 11.5. The van der Waals surface area contributed by atoms with Crippen molar-refractivity contribution < 1.29 is 9.13 Å². The van der Waals surface area contributed by atoms with Crippen molar-refractivity contribution >= 4 is 28.4 Å². The maximum absolute atomic E-state index is 13.9. The molecule has 2 N–H and O–H groups in total. The molecule has 0 fully saturated rings. The number of hydrogen-bond acceptors (Lipinski definition) is 4. The quantitative estimate of drug-likeness (QED) is 0.230. The molecule has 2 aromatic carbocycles. The minimum Gasteiger partial charge on any atom is -0.381 e. The van der Waals surface area contributed by atoms with E-state index in [9.17, 15) is 4.39 Å². The number of H-pyrrole nitrogens is 1. The number of hydrogen-bond donors (Lipinski definition) is 2. The molecular weight excluding hydrogens is 505 g/mol. The average molecular weight is 550 g/mol. The fourth-order valence-electron chi connectivity index (χ4n) is 4.59. The fourth-order valence-corrected chi connectivity index (χ4v) is 4.59.